The summed E-state index contributed by atoms with van der Waals surface area (Å²) in [7, 11) is 7.18. The highest BCUT2D eigenvalue weighted by Crippen LogP contribution is 2.31. The van der Waals surface area contributed by atoms with Gasteiger partial charge in [0.1, 0.15) is 0 Å². The fourth-order valence-electron chi connectivity index (χ4n) is 1.82. The topological polar surface area (TPSA) is 86.1 Å². The third-order valence-corrected chi connectivity index (χ3v) is 2.86. The number of aliphatic imine (C=N–C) groups is 1. The van der Waals surface area contributed by atoms with Gasteiger partial charge in [0.05, 0.1) is 26.8 Å². The maximum atomic E-state index is 5.39. The molecular weight excluding hydrogens is 371 g/mol. The van der Waals surface area contributed by atoms with E-state index in [9.17, 15) is 0 Å². The number of nitrogens with two attached hydrogens (primary N) is 2. The molecule has 114 valence electrons. The van der Waals surface area contributed by atoms with Gasteiger partial charge in [0.15, 0.2) is 17.5 Å². The average Bonchev–Trinajstić information content (AvgIpc) is 2.37. The lowest BCUT2D eigenvalue weighted by Gasteiger charge is -2.24. The molecule has 4 N–H and O–H groups in total. The van der Waals surface area contributed by atoms with Crippen molar-refractivity contribution >= 4 is 29.9 Å². The van der Waals surface area contributed by atoms with Crippen molar-refractivity contribution in [2.24, 2.45) is 16.5 Å². The van der Waals surface area contributed by atoms with Gasteiger partial charge in [0, 0.05) is 0 Å². The molecule has 7 heteroatoms. The number of rotatable bonds is 6. The predicted octanol–water partition coefficient (Wildman–Crippen LogP) is 1.20. The Morgan fingerprint density at radius 3 is 2.25 bits per heavy atom. The molecule has 0 spiro atoms. The summed E-state index contributed by atoms with van der Waals surface area (Å²) in [5.74, 6) is 1.48. The van der Waals surface area contributed by atoms with Crippen molar-refractivity contribution in [1.29, 1.82) is 0 Å². The van der Waals surface area contributed by atoms with E-state index in [4.69, 9.17) is 20.9 Å². The largest absolute Gasteiger partial charge is 0.493 e. The number of nitrogens with zero attached hydrogens (tertiary/aromatic N) is 2. The van der Waals surface area contributed by atoms with Crippen LogP contribution in [0.1, 0.15) is 11.6 Å². The zero-order valence-corrected chi connectivity index (χ0v) is 14.6. The molecule has 0 bridgehead atoms. The minimum absolute atomic E-state index is 0. The Kier molecular flexibility index (Phi) is 8.31. The Morgan fingerprint density at radius 1 is 1.20 bits per heavy atom. The first-order valence-electron chi connectivity index (χ1n) is 5.93. The Balaban J connectivity index is 0.00000361. The van der Waals surface area contributed by atoms with E-state index in [0.717, 1.165) is 5.56 Å². The SMILES string of the molecule is COc1ccc(C(CN=C(N)N)N(C)C)cc1OC.I. The van der Waals surface area contributed by atoms with E-state index in [1.54, 1.807) is 14.2 Å². The molecule has 1 atom stereocenters. The van der Waals surface area contributed by atoms with Gasteiger partial charge in [0.2, 0.25) is 0 Å². The van der Waals surface area contributed by atoms with Crippen molar-refractivity contribution in [2.75, 3.05) is 34.9 Å². The van der Waals surface area contributed by atoms with Gasteiger partial charge in [-0.2, -0.15) is 0 Å². The molecule has 6 nitrogen and oxygen atoms in total. The fourth-order valence-corrected chi connectivity index (χ4v) is 1.82. The molecule has 0 aromatic heterocycles. The highest BCUT2D eigenvalue weighted by molar-refractivity contribution is 14.0. The van der Waals surface area contributed by atoms with Gasteiger partial charge in [-0.05, 0) is 31.8 Å². The third kappa shape index (κ3) is 5.04. The number of hydrogen-bond donors (Lipinski definition) is 2. The van der Waals surface area contributed by atoms with Crippen molar-refractivity contribution in [3.05, 3.63) is 23.8 Å². The third-order valence-electron chi connectivity index (χ3n) is 2.86. The minimum Gasteiger partial charge on any atom is -0.493 e. The summed E-state index contributed by atoms with van der Waals surface area (Å²) in [6.45, 7) is 0.491. The van der Waals surface area contributed by atoms with Crippen LogP contribution in [-0.4, -0.2) is 45.7 Å². The summed E-state index contributed by atoms with van der Waals surface area (Å²) in [4.78, 5) is 6.13. The van der Waals surface area contributed by atoms with Crippen LogP contribution < -0.4 is 20.9 Å². The normalized spacial score (nSPS) is 11.4. The molecule has 1 rings (SSSR count). The van der Waals surface area contributed by atoms with Gasteiger partial charge in [-0.1, -0.05) is 6.07 Å². The van der Waals surface area contributed by atoms with Crippen LogP contribution in [0.4, 0.5) is 0 Å². The van der Waals surface area contributed by atoms with Gasteiger partial charge >= 0.3 is 0 Å². The highest BCUT2D eigenvalue weighted by atomic mass is 127. The van der Waals surface area contributed by atoms with Crippen LogP contribution in [0.2, 0.25) is 0 Å². The molecule has 0 aliphatic rings. The van der Waals surface area contributed by atoms with E-state index < -0.39 is 0 Å². The molecule has 0 saturated heterocycles. The minimum atomic E-state index is 0. The monoisotopic (exact) mass is 394 g/mol. The highest BCUT2D eigenvalue weighted by Gasteiger charge is 2.16. The van der Waals surface area contributed by atoms with Gasteiger partial charge in [0.25, 0.3) is 0 Å². The molecule has 0 amide bonds. The second kappa shape index (κ2) is 8.85. The molecule has 0 saturated carbocycles. The van der Waals surface area contributed by atoms with Crippen LogP contribution >= 0.6 is 24.0 Å². The zero-order chi connectivity index (χ0) is 14.4. The van der Waals surface area contributed by atoms with Gasteiger partial charge < -0.3 is 25.8 Å². The van der Waals surface area contributed by atoms with Crippen LogP contribution in [0.15, 0.2) is 23.2 Å². The number of benzene rings is 1. The molecular formula is C13H23IN4O2. The number of guanidine groups is 1. The lowest BCUT2D eigenvalue weighted by molar-refractivity contribution is 0.303. The lowest BCUT2D eigenvalue weighted by Crippen LogP contribution is -2.27. The standard InChI is InChI=1S/C13H22N4O2.HI/c1-17(2)10(8-16-13(14)15)9-5-6-11(18-3)12(7-9)19-4;/h5-7,10H,8H2,1-4H3,(H4,14,15,16);1H. The van der Waals surface area contributed by atoms with Crippen molar-refractivity contribution in [3.63, 3.8) is 0 Å². The smallest absolute Gasteiger partial charge is 0.185 e. The summed E-state index contributed by atoms with van der Waals surface area (Å²) in [6, 6.07) is 5.86. The summed E-state index contributed by atoms with van der Waals surface area (Å²) >= 11 is 0. The first-order chi connectivity index (χ1) is 8.99. The Bertz CT molecular complexity index is 448. The number of ether oxygens (including phenoxy) is 2. The predicted molar refractivity (Wildman–Crippen MR) is 92.1 cm³/mol. The molecule has 0 aliphatic carbocycles. The van der Waals surface area contributed by atoms with Crippen molar-refractivity contribution in [1.82, 2.24) is 4.90 Å². The molecule has 0 radical (unpaired) electrons. The average molecular weight is 394 g/mol. The van der Waals surface area contributed by atoms with Crippen LogP contribution in [-0.2, 0) is 0 Å². The summed E-state index contributed by atoms with van der Waals surface area (Å²) in [5.41, 5.74) is 11.8. The van der Waals surface area contributed by atoms with E-state index >= 15 is 0 Å². The van der Waals surface area contributed by atoms with Gasteiger partial charge in [-0.3, -0.25) is 4.99 Å². The summed E-state index contributed by atoms with van der Waals surface area (Å²) in [5, 5.41) is 0. The van der Waals surface area contributed by atoms with Crippen LogP contribution in [0.25, 0.3) is 0 Å². The Morgan fingerprint density at radius 2 is 1.80 bits per heavy atom. The molecule has 1 aromatic rings. The first-order valence-corrected chi connectivity index (χ1v) is 5.93. The Hall–Kier alpha value is -1.22. The lowest BCUT2D eigenvalue weighted by atomic mass is 10.1. The van der Waals surface area contributed by atoms with Gasteiger partial charge in [-0.25, -0.2) is 0 Å². The van der Waals surface area contributed by atoms with Crippen molar-refractivity contribution in [2.45, 2.75) is 6.04 Å². The summed E-state index contributed by atoms with van der Waals surface area (Å²) < 4.78 is 10.5. The second-order valence-corrected chi connectivity index (χ2v) is 4.36. The number of hydrogen-bond acceptors (Lipinski definition) is 4. The molecule has 0 fully saturated rings. The van der Waals surface area contributed by atoms with E-state index in [1.807, 2.05) is 37.2 Å². The van der Waals surface area contributed by atoms with E-state index in [0.29, 0.717) is 18.0 Å². The fraction of sp³-hybridized carbons (Fsp3) is 0.462. The van der Waals surface area contributed by atoms with Crippen molar-refractivity contribution in [3.8, 4) is 11.5 Å². The maximum Gasteiger partial charge on any atom is 0.185 e. The second-order valence-electron chi connectivity index (χ2n) is 4.36. The van der Waals surface area contributed by atoms with E-state index in [1.165, 1.54) is 0 Å². The molecule has 1 aromatic carbocycles. The van der Waals surface area contributed by atoms with E-state index in [2.05, 4.69) is 4.99 Å². The van der Waals surface area contributed by atoms with Crippen LogP contribution in [0.5, 0.6) is 11.5 Å². The number of likely N-dealkylation sites (N-methyl/N-ethyl adjacent to an activating group) is 1. The molecule has 20 heavy (non-hydrogen) atoms. The number of halogens is 1. The van der Waals surface area contributed by atoms with Crippen LogP contribution in [0, 0.1) is 0 Å². The Labute approximate surface area is 137 Å². The van der Waals surface area contributed by atoms with Crippen LogP contribution in [0.3, 0.4) is 0 Å². The first kappa shape index (κ1) is 18.8. The quantitative estimate of drug-likeness (QED) is 0.430. The van der Waals surface area contributed by atoms with E-state index in [-0.39, 0.29) is 36.0 Å². The van der Waals surface area contributed by atoms with Crippen molar-refractivity contribution < 1.29 is 9.47 Å². The molecule has 0 aliphatic heterocycles. The van der Waals surface area contributed by atoms with Gasteiger partial charge in [-0.15, -0.1) is 24.0 Å². The molecule has 1 unspecified atom stereocenters. The molecule has 0 heterocycles. The summed E-state index contributed by atoms with van der Waals surface area (Å²) in [6.07, 6.45) is 0. The zero-order valence-electron chi connectivity index (χ0n) is 12.3. The number of methoxy groups -OCH3 is 2. The maximum absolute atomic E-state index is 5.39.